The fourth-order valence-electron chi connectivity index (χ4n) is 3.86. The van der Waals surface area contributed by atoms with Crippen LogP contribution in [0.3, 0.4) is 0 Å². The molecule has 0 fully saturated rings. The number of nitrogens with zero attached hydrogens (tertiary/aromatic N) is 3. The number of ether oxygens (including phenoxy) is 2. The van der Waals surface area contributed by atoms with Crippen molar-refractivity contribution in [2.45, 2.75) is 46.3 Å². The first-order valence-electron chi connectivity index (χ1n) is 9.29. The van der Waals surface area contributed by atoms with E-state index in [-0.39, 0.29) is 23.5 Å². The van der Waals surface area contributed by atoms with Crippen LogP contribution in [-0.2, 0) is 9.57 Å². The Labute approximate surface area is 165 Å². The van der Waals surface area contributed by atoms with E-state index < -0.39 is 0 Å². The van der Waals surface area contributed by atoms with Crippen molar-refractivity contribution in [3.63, 3.8) is 0 Å². The molecule has 0 aliphatic heterocycles. The molecule has 0 unspecified atom stereocenters. The van der Waals surface area contributed by atoms with E-state index in [1.165, 1.54) is 0 Å². The first kappa shape index (κ1) is 19.9. The van der Waals surface area contributed by atoms with Crippen molar-refractivity contribution in [3.05, 3.63) is 47.5 Å². The van der Waals surface area contributed by atoms with E-state index in [4.69, 9.17) is 14.3 Å². The molecular weight excluding hydrogens is 358 g/mol. The van der Waals surface area contributed by atoms with E-state index in [0.717, 1.165) is 22.6 Å². The molecule has 1 aliphatic rings. The molecule has 1 aromatic heterocycles. The molecular formula is C21H27N3O4. The van der Waals surface area contributed by atoms with Gasteiger partial charge in [-0.2, -0.15) is 0 Å². The molecule has 3 rings (SSSR count). The lowest BCUT2D eigenvalue weighted by Gasteiger charge is -2.41. The normalized spacial score (nSPS) is 19.4. The lowest BCUT2D eigenvalue weighted by Crippen LogP contribution is -2.37. The van der Waals surface area contributed by atoms with Crippen LogP contribution in [0.4, 0.5) is 0 Å². The Kier molecular flexibility index (Phi) is 5.45. The molecule has 1 aromatic carbocycles. The molecule has 1 atom stereocenters. The van der Waals surface area contributed by atoms with Gasteiger partial charge in [-0.15, -0.1) is 0 Å². The number of fused-ring (bicyclic) bond motifs is 1. The van der Waals surface area contributed by atoms with Crippen LogP contribution in [0.25, 0.3) is 0 Å². The van der Waals surface area contributed by atoms with Gasteiger partial charge in [0.2, 0.25) is 0 Å². The fraction of sp³-hybridized carbons (Fsp3) is 0.476. The second-order valence-electron chi connectivity index (χ2n) is 7.88. The topological polar surface area (TPSA) is 74.9 Å². The number of methoxy groups -OCH3 is 1. The highest BCUT2D eigenvalue weighted by Crippen LogP contribution is 2.47. The van der Waals surface area contributed by atoms with Gasteiger partial charge in [-0.05, 0) is 43.0 Å². The first-order valence-corrected chi connectivity index (χ1v) is 9.29. The van der Waals surface area contributed by atoms with Crippen molar-refractivity contribution in [1.82, 2.24) is 9.55 Å². The maximum Gasteiger partial charge on any atom is 0.356 e. The number of benzene rings is 1. The summed E-state index contributed by atoms with van der Waals surface area (Å²) < 4.78 is 12.8. The predicted molar refractivity (Wildman–Crippen MR) is 106 cm³/mol. The van der Waals surface area contributed by atoms with Gasteiger partial charge in [-0.25, -0.2) is 9.78 Å². The average Bonchev–Trinajstić information content (AvgIpc) is 3.09. The van der Waals surface area contributed by atoms with Gasteiger partial charge < -0.3 is 18.9 Å². The van der Waals surface area contributed by atoms with E-state index in [9.17, 15) is 4.79 Å². The number of carbonyl (C=O) groups excluding carboxylic acids is 1. The van der Waals surface area contributed by atoms with Crippen LogP contribution < -0.4 is 4.74 Å². The summed E-state index contributed by atoms with van der Waals surface area (Å²) in [7, 11) is 3.18. The molecule has 0 spiro atoms. The Bertz CT molecular complexity index is 899. The molecule has 0 bridgehead atoms. The quantitative estimate of drug-likeness (QED) is 0.578. The summed E-state index contributed by atoms with van der Waals surface area (Å²) in [5, 5.41) is 4.25. The Balaban J connectivity index is 2.18. The molecule has 28 heavy (non-hydrogen) atoms. The second-order valence-corrected chi connectivity index (χ2v) is 7.88. The van der Waals surface area contributed by atoms with Crippen LogP contribution >= 0.6 is 0 Å². The number of imidazole rings is 1. The molecule has 0 amide bonds. The van der Waals surface area contributed by atoms with Gasteiger partial charge in [0.25, 0.3) is 0 Å². The molecule has 1 heterocycles. The minimum atomic E-state index is -0.385. The van der Waals surface area contributed by atoms with Crippen LogP contribution in [0.2, 0.25) is 0 Å². The van der Waals surface area contributed by atoms with Gasteiger partial charge in [0.1, 0.15) is 18.6 Å². The van der Waals surface area contributed by atoms with Crippen LogP contribution in [0.15, 0.2) is 35.9 Å². The number of aromatic nitrogens is 2. The van der Waals surface area contributed by atoms with Crippen molar-refractivity contribution < 1.29 is 19.1 Å². The standard InChI is InChI=1S/C21H27N3O4/c1-13(2)28-20(25)18-11-22-12-24(18)19-16-9-14(26-5)7-8-15(16)17(23-27-6)10-21(19,3)4/h7-9,11-13,19H,10H2,1-6H3/t19-/m0/s1. The Hall–Kier alpha value is -2.83. The zero-order valence-corrected chi connectivity index (χ0v) is 17.2. The van der Waals surface area contributed by atoms with Crippen molar-refractivity contribution in [3.8, 4) is 5.75 Å². The van der Waals surface area contributed by atoms with E-state index in [1.54, 1.807) is 26.7 Å². The highest BCUT2D eigenvalue weighted by atomic mass is 16.6. The number of hydrogen-bond acceptors (Lipinski definition) is 6. The third-order valence-corrected chi connectivity index (χ3v) is 4.93. The molecule has 0 radical (unpaired) electrons. The summed E-state index contributed by atoms with van der Waals surface area (Å²) in [6.07, 6.45) is 3.72. The molecule has 2 aromatic rings. The smallest absolute Gasteiger partial charge is 0.356 e. The summed E-state index contributed by atoms with van der Waals surface area (Å²) in [6.45, 7) is 7.94. The monoisotopic (exact) mass is 385 g/mol. The summed E-state index contributed by atoms with van der Waals surface area (Å²) in [6, 6.07) is 5.73. The van der Waals surface area contributed by atoms with Crippen molar-refractivity contribution in [1.29, 1.82) is 0 Å². The first-order chi connectivity index (χ1) is 13.3. The lowest BCUT2D eigenvalue weighted by molar-refractivity contribution is 0.0359. The van der Waals surface area contributed by atoms with Crippen molar-refractivity contribution >= 4 is 11.7 Å². The summed E-state index contributed by atoms with van der Waals surface area (Å²) in [4.78, 5) is 22.0. The van der Waals surface area contributed by atoms with E-state index in [2.05, 4.69) is 24.0 Å². The largest absolute Gasteiger partial charge is 0.497 e. The molecule has 0 saturated heterocycles. The van der Waals surface area contributed by atoms with Gasteiger partial charge in [-0.1, -0.05) is 19.0 Å². The average molecular weight is 385 g/mol. The van der Waals surface area contributed by atoms with E-state index >= 15 is 0 Å². The van der Waals surface area contributed by atoms with Gasteiger partial charge in [0, 0.05) is 12.0 Å². The molecule has 7 nitrogen and oxygen atoms in total. The predicted octanol–water partition coefficient (Wildman–Crippen LogP) is 3.83. The molecule has 1 aliphatic carbocycles. The maximum absolute atomic E-state index is 12.6. The fourth-order valence-corrected chi connectivity index (χ4v) is 3.86. The Morgan fingerprint density at radius 3 is 2.71 bits per heavy atom. The summed E-state index contributed by atoms with van der Waals surface area (Å²) in [5.41, 5.74) is 3.01. The molecule has 0 N–H and O–H groups in total. The minimum Gasteiger partial charge on any atom is -0.497 e. The van der Waals surface area contributed by atoms with Crippen LogP contribution in [0, 0.1) is 5.41 Å². The number of rotatable bonds is 5. The van der Waals surface area contributed by atoms with Crippen molar-refractivity contribution in [2.24, 2.45) is 10.6 Å². The van der Waals surface area contributed by atoms with Crippen LogP contribution in [0.1, 0.15) is 61.8 Å². The van der Waals surface area contributed by atoms with Gasteiger partial charge in [0.05, 0.1) is 37.5 Å². The molecule has 7 heteroatoms. The lowest BCUT2D eigenvalue weighted by atomic mass is 9.69. The molecule has 150 valence electrons. The van der Waals surface area contributed by atoms with Gasteiger partial charge >= 0.3 is 5.97 Å². The number of carbonyl (C=O) groups is 1. The van der Waals surface area contributed by atoms with Crippen LogP contribution in [-0.4, -0.2) is 41.6 Å². The zero-order chi connectivity index (χ0) is 20.5. The van der Waals surface area contributed by atoms with E-state index in [1.807, 2.05) is 36.6 Å². The number of hydrogen-bond donors (Lipinski definition) is 0. The SMILES string of the molecule is CON=C1CC(C)(C)[C@@H](n2cncc2C(=O)OC(C)C)c2cc(OC)ccc21. The zero-order valence-electron chi connectivity index (χ0n) is 17.2. The van der Waals surface area contributed by atoms with Gasteiger partial charge in [-0.3, -0.25) is 0 Å². The second kappa shape index (κ2) is 7.66. The number of oxime groups is 1. The minimum absolute atomic E-state index is 0.148. The third kappa shape index (κ3) is 3.61. The van der Waals surface area contributed by atoms with Crippen LogP contribution in [0.5, 0.6) is 5.75 Å². The highest BCUT2D eigenvalue weighted by Gasteiger charge is 2.42. The number of esters is 1. The van der Waals surface area contributed by atoms with Gasteiger partial charge in [0.15, 0.2) is 0 Å². The Morgan fingerprint density at radius 1 is 1.32 bits per heavy atom. The van der Waals surface area contributed by atoms with Crippen molar-refractivity contribution in [2.75, 3.05) is 14.2 Å². The Morgan fingerprint density at radius 2 is 2.07 bits per heavy atom. The summed E-state index contributed by atoms with van der Waals surface area (Å²) >= 11 is 0. The third-order valence-electron chi connectivity index (χ3n) is 4.93. The molecule has 0 saturated carbocycles. The highest BCUT2D eigenvalue weighted by molar-refractivity contribution is 6.03. The van der Waals surface area contributed by atoms with E-state index in [0.29, 0.717) is 12.1 Å². The summed E-state index contributed by atoms with van der Waals surface area (Å²) in [5.74, 6) is 0.355. The maximum atomic E-state index is 12.6.